The zero-order valence-electron chi connectivity index (χ0n) is 31.7. The van der Waals surface area contributed by atoms with Crippen LogP contribution >= 0.6 is 0 Å². The molecule has 0 aliphatic heterocycles. The summed E-state index contributed by atoms with van der Waals surface area (Å²) in [7, 11) is 0. The first kappa shape index (κ1) is 33.6. The standard InChI is InChI=1S/C56H37NO/c1-5-17-38(18-6-1)45-32-29-42(35-51(45)39-19-7-2-8-20-39)57(44-31-34-49-48-26-15-16-28-53(48)58-54(49)37-44)43-30-33-47-46-25-13-14-27-50(46)55(40-21-9-3-10-22-40)56(52(47)36-43)41-23-11-4-12-24-41/h1-37H. The molecule has 11 aromatic rings. The summed E-state index contributed by atoms with van der Waals surface area (Å²) in [6, 6.07) is 80.7. The van der Waals surface area contributed by atoms with Crippen LogP contribution in [-0.4, -0.2) is 0 Å². The fourth-order valence-corrected chi connectivity index (χ4v) is 8.83. The zero-order chi connectivity index (χ0) is 38.4. The Hall–Kier alpha value is -7.68. The highest BCUT2D eigenvalue weighted by molar-refractivity contribution is 6.22. The number of anilines is 3. The van der Waals surface area contributed by atoms with E-state index < -0.39 is 0 Å². The summed E-state index contributed by atoms with van der Waals surface area (Å²) in [5.41, 5.74) is 14.4. The van der Waals surface area contributed by atoms with Crippen molar-refractivity contribution in [2.75, 3.05) is 4.90 Å². The van der Waals surface area contributed by atoms with Crippen molar-refractivity contribution < 1.29 is 4.42 Å². The lowest BCUT2D eigenvalue weighted by Gasteiger charge is -2.28. The van der Waals surface area contributed by atoms with Gasteiger partial charge in [-0.2, -0.15) is 0 Å². The second-order valence-corrected chi connectivity index (χ2v) is 14.8. The van der Waals surface area contributed by atoms with Gasteiger partial charge in [0.2, 0.25) is 0 Å². The smallest absolute Gasteiger partial charge is 0.137 e. The van der Waals surface area contributed by atoms with Crippen molar-refractivity contribution in [1.29, 1.82) is 0 Å². The molecule has 10 aromatic carbocycles. The molecule has 0 fully saturated rings. The maximum atomic E-state index is 6.52. The van der Waals surface area contributed by atoms with Crippen LogP contribution in [0.2, 0.25) is 0 Å². The molecule has 0 saturated heterocycles. The van der Waals surface area contributed by atoms with Crippen molar-refractivity contribution >= 4 is 60.5 Å². The van der Waals surface area contributed by atoms with Gasteiger partial charge in [-0.15, -0.1) is 0 Å². The average molecular weight is 740 g/mol. The van der Waals surface area contributed by atoms with Crippen LogP contribution in [0.4, 0.5) is 17.1 Å². The molecule has 0 bridgehead atoms. The highest BCUT2D eigenvalue weighted by atomic mass is 16.3. The quantitative estimate of drug-likeness (QED) is 0.151. The summed E-state index contributed by atoms with van der Waals surface area (Å²) in [5, 5.41) is 7.11. The van der Waals surface area contributed by atoms with Gasteiger partial charge in [0.25, 0.3) is 0 Å². The maximum Gasteiger partial charge on any atom is 0.137 e. The second-order valence-electron chi connectivity index (χ2n) is 14.8. The lowest BCUT2D eigenvalue weighted by atomic mass is 9.85. The van der Waals surface area contributed by atoms with Gasteiger partial charge in [-0.3, -0.25) is 0 Å². The molecule has 0 N–H and O–H groups in total. The van der Waals surface area contributed by atoms with Crippen LogP contribution in [0.25, 0.3) is 88.0 Å². The predicted octanol–water partition coefficient (Wildman–Crippen LogP) is 16.0. The van der Waals surface area contributed by atoms with E-state index in [1.165, 1.54) is 66.1 Å². The van der Waals surface area contributed by atoms with Gasteiger partial charge in [0.05, 0.1) is 0 Å². The summed E-state index contributed by atoms with van der Waals surface area (Å²) >= 11 is 0. The minimum absolute atomic E-state index is 0.857. The average Bonchev–Trinajstić information content (AvgIpc) is 3.68. The van der Waals surface area contributed by atoms with Crippen LogP contribution in [-0.2, 0) is 0 Å². The molecule has 0 aliphatic rings. The van der Waals surface area contributed by atoms with Crippen LogP contribution < -0.4 is 4.90 Å². The van der Waals surface area contributed by atoms with Crippen LogP contribution in [0, 0.1) is 0 Å². The monoisotopic (exact) mass is 739 g/mol. The number of fused-ring (bicyclic) bond motifs is 6. The van der Waals surface area contributed by atoms with Crippen molar-refractivity contribution in [3.05, 3.63) is 224 Å². The first-order valence-corrected chi connectivity index (χ1v) is 19.8. The topological polar surface area (TPSA) is 16.4 Å². The lowest BCUT2D eigenvalue weighted by molar-refractivity contribution is 0.669. The number of benzene rings is 10. The summed E-state index contributed by atoms with van der Waals surface area (Å²) in [4.78, 5) is 2.39. The van der Waals surface area contributed by atoms with E-state index in [0.717, 1.165) is 39.0 Å². The van der Waals surface area contributed by atoms with Crippen LogP contribution in [0.5, 0.6) is 0 Å². The fourth-order valence-electron chi connectivity index (χ4n) is 8.83. The number of rotatable bonds is 7. The molecule has 0 saturated carbocycles. The molecule has 1 heterocycles. The molecule has 272 valence electrons. The Labute approximate surface area is 337 Å². The van der Waals surface area contributed by atoms with Crippen molar-refractivity contribution in [2.24, 2.45) is 0 Å². The van der Waals surface area contributed by atoms with E-state index in [-0.39, 0.29) is 0 Å². The normalized spacial score (nSPS) is 11.4. The SMILES string of the molecule is c1ccc(-c2ccc(N(c3ccc4c(c3)oc3ccccc34)c3ccc4c(c3)c(-c3ccccc3)c(-c3ccccc3)c3ccccc34)cc2-c2ccccc2)cc1. The summed E-state index contributed by atoms with van der Waals surface area (Å²) in [5.74, 6) is 0. The number of nitrogens with zero attached hydrogens (tertiary/aromatic N) is 1. The Morgan fingerprint density at radius 2 is 0.690 bits per heavy atom. The molecule has 0 radical (unpaired) electrons. The number of hydrogen-bond acceptors (Lipinski definition) is 2. The van der Waals surface area contributed by atoms with Crippen LogP contribution in [0.1, 0.15) is 0 Å². The largest absolute Gasteiger partial charge is 0.456 e. The molecule has 11 rings (SSSR count). The van der Waals surface area contributed by atoms with Gasteiger partial charge in [0.1, 0.15) is 11.2 Å². The van der Waals surface area contributed by atoms with Crippen LogP contribution in [0.3, 0.4) is 0 Å². The molecular formula is C56H37NO. The van der Waals surface area contributed by atoms with E-state index >= 15 is 0 Å². The highest BCUT2D eigenvalue weighted by Gasteiger charge is 2.22. The Morgan fingerprint density at radius 1 is 0.259 bits per heavy atom. The van der Waals surface area contributed by atoms with E-state index in [1.807, 2.05) is 12.1 Å². The van der Waals surface area contributed by atoms with Gasteiger partial charge in [-0.05, 0) is 109 Å². The van der Waals surface area contributed by atoms with Crippen molar-refractivity contribution in [3.8, 4) is 44.5 Å². The Balaban J connectivity index is 1.22. The number of para-hydroxylation sites is 1. The Bertz CT molecular complexity index is 3260. The second kappa shape index (κ2) is 14.1. The molecule has 0 atom stereocenters. The van der Waals surface area contributed by atoms with Crippen molar-refractivity contribution in [2.45, 2.75) is 0 Å². The lowest BCUT2D eigenvalue weighted by Crippen LogP contribution is -2.10. The molecular weight excluding hydrogens is 703 g/mol. The molecule has 58 heavy (non-hydrogen) atoms. The van der Waals surface area contributed by atoms with E-state index in [2.05, 4.69) is 217 Å². The van der Waals surface area contributed by atoms with Gasteiger partial charge in [0.15, 0.2) is 0 Å². The summed E-state index contributed by atoms with van der Waals surface area (Å²) < 4.78 is 6.52. The minimum Gasteiger partial charge on any atom is -0.456 e. The first-order valence-electron chi connectivity index (χ1n) is 19.8. The van der Waals surface area contributed by atoms with Gasteiger partial charge in [-0.1, -0.05) is 176 Å². The maximum absolute atomic E-state index is 6.52. The van der Waals surface area contributed by atoms with Crippen molar-refractivity contribution in [1.82, 2.24) is 0 Å². The number of furan rings is 1. The zero-order valence-corrected chi connectivity index (χ0v) is 31.7. The van der Waals surface area contributed by atoms with Crippen molar-refractivity contribution in [3.63, 3.8) is 0 Å². The molecule has 0 amide bonds. The van der Waals surface area contributed by atoms with E-state index in [4.69, 9.17) is 4.42 Å². The first-order chi connectivity index (χ1) is 28.8. The minimum atomic E-state index is 0.857. The van der Waals surface area contributed by atoms with Crippen LogP contribution in [0.15, 0.2) is 229 Å². The summed E-state index contributed by atoms with van der Waals surface area (Å²) in [6.07, 6.45) is 0. The van der Waals surface area contributed by atoms with Gasteiger partial charge in [0, 0.05) is 33.9 Å². The molecule has 0 unspecified atom stereocenters. The highest BCUT2D eigenvalue weighted by Crippen LogP contribution is 2.48. The predicted molar refractivity (Wildman–Crippen MR) is 245 cm³/mol. The third-order valence-electron chi connectivity index (χ3n) is 11.4. The van der Waals surface area contributed by atoms with Gasteiger partial charge < -0.3 is 9.32 Å². The molecule has 0 aliphatic carbocycles. The molecule has 0 spiro atoms. The van der Waals surface area contributed by atoms with Gasteiger partial charge >= 0.3 is 0 Å². The Morgan fingerprint density at radius 3 is 1.34 bits per heavy atom. The van der Waals surface area contributed by atoms with E-state index in [1.54, 1.807) is 0 Å². The summed E-state index contributed by atoms with van der Waals surface area (Å²) in [6.45, 7) is 0. The molecule has 1 aromatic heterocycles. The van der Waals surface area contributed by atoms with E-state index in [9.17, 15) is 0 Å². The third kappa shape index (κ3) is 5.74. The molecule has 2 heteroatoms. The Kier molecular flexibility index (Phi) is 8.19. The number of hydrogen-bond donors (Lipinski definition) is 0. The fraction of sp³-hybridized carbons (Fsp3) is 0. The van der Waals surface area contributed by atoms with E-state index in [0.29, 0.717) is 0 Å². The third-order valence-corrected chi connectivity index (χ3v) is 11.4. The van der Waals surface area contributed by atoms with Gasteiger partial charge in [-0.25, -0.2) is 0 Å². The molecule has 2 nitrogen and oxygen atoms in total.